The highest BCUT2D eigenvalue weighted by Gasteiger charge is 2.10. The van der Waals surface area contributed by atoms with E-state index in [1.165, 1.54) is 12.1 Å². The summed E-state index contributed by atoms with van der Waals surface area (Å²) >= 11 is 0. The Balaban J connectivity index is 1.77. The zero-order valence-corrected chi connectivity index (χ0v) is 12.0. The highest BCUT2D eigenvalue weighted by atomic mass is 19.1. The predicted octanol–water partition coefficient (Wildman–Crippen LogP) is 2.91. The Morgan fingerprint density at radius 3 is 2.62 bits per heavy atom. The van der Waals surface area contributed by atoms with E-state index in [0.29, 0.717) is 18.7 Å². The maximum absolute atomic E-state index is 13.1. The smallest absolute Gasteiger partial charge is 0.226 e. The van der Waals surface area contributed by atoms with Crippen LogP contribution < -0.4 is 4.74 Å². The van der Waals surface area contributed by atoms with Gasteiger partial charge in [0.25, 0.3) is 0 Å². The van der Waals surface area contributed by atoms with Crippen molar-refractivity contribution in [3.8, 4) is 5.75 Å². The molecule has 0 N–H and O–H groups in total. The number of carbonyl (C=O) groups is 1. The molecule has 1 amide bonds. The van der Waals surface area contributed by atoms with Crippen LogP contribution >= 0.6 is 0 Å². The fourth-order valence-corrected chi connectivity index (χ4v) is 1.90. The number of nitrogens with zero attached hydrogens (tertiary/aromatic N) is 1. The first-order chi connectivity index (χ1) is 10.1. The third-order valence-corrected chi connectivity index (χ3v) is 3.11. The van der Waals surface area contributed by atoms with Crippen molar-refractivity contribution in [3.05, 3.63) is 66.0 Å². The molecule has 0 unspecified atom stereocenters. The van der Waals surface area contributed by atoms with E-state index in [-0.39, 0.29) is 18.1 Å². The summed E-state index contributed by atoms with van der Waals surface area (Å²) < 4.78 is 18.6. The summed E-state index contributed by atoms with van der Waals surface area (Å²) in [5, 5.41) is 0. The van der Waals surface area contributed by atoms with Crippen LogP contribution in [-0.2, 0) is 11.2 Å². The number of hydrogen-bond donors (Lipinski definition) is 0. The first-order valence-corrected chi connectivity index (χ1v) is 6.81. The van der Waals surface area contributed by atoms with Gasteiger partial charge >= 0.3 is 0 Å². The molecule has 0 saturated heterocycles. The zero-order valence-electron chi connectivity index (χ0n) is 12.0. The van der Waals surface area contributed by atoms with E-state index < -0.39 is 0 Å². The number of amides is 1. The summed E-state index contributed by atoms with van der Waals surface area (Å²) in [5.74, 6) is 0.399. The minimum absolute atomic E-state index is 0.0581. The van der Waals surface area contributed by atoms with Crippen LogP contribution in [0, 0.1) is 5.82 Å². The molecule has 0 spiro atoms. The summed E-state index contributed by atoms with van der Waals surface area (Å²) in [6.45, 7) is 0.915. The van der Waals surface area contributed by atoms with E-state index in [4.69, 9.17) is 4.74 Å². The zero-order chi connectivity index (χ0) is 15.1. The van der Waals surface area contributed by atoms with Gasteiger partial charge in [-0.25, -0.2) is 4.39 Å². The van der Waals surface area contributed by atoms with Crippen LogP contribution in [0.4, 0.5) is 4.39 Å². The minimum Gasteiger partial charge on any atom is -0.492 e. The summed E-state index contributed by atoms with van der Waals surface area (Å²) in [7, 11) is 1.72. The molecular formula is C17H18FNO2. The van der Waals surface area contributed by atoms with Gasteiger partial charge in [-0.2, -0.15) is 0 Å². The summed E-state index contributed by atoms with van der Waals surface area (Å²) in [5.41, 5.74) is 0.677. The van der Waals surface area contributed by atoms with Crippen LogP contribution in [0.25, 0.3) is 0 Å². The minimum atomic E-state index is -0.324. The van der Waals surface area contributed by atoms with Crippen LogP contribution in [0.5, 0.6) is 5.75 Å². The molecule has 0 radical (unpaired) electrons. The highest BCUT2D eigenvalue weighted by molar-refractivity contribution is 5.78. The first kappa shape index (κ1) is 15.0. The second-order valence-corrected chi connectivity index (χ2v) is 4.78. The number of likely N-dealkylation sites (N-methyl/N-ethyl adjacent to an activating group) is 1. The fraction of sp³-hybridized carbons (Fsp3) is 0.235. The van der Waals surface area contributed by atoms with Crippen molar-refractivity contribution in [2.45, 2.75) is 6.42 Å². The Morgan fingerprint density at radius 2 is 1.90 bits per heavy atom. The molecular weight excluding hydrogens is 269 g/mol. The van der Waals surface area contributed by atoms with Crippen LogP contribution in [-0.4, -0.2) is 31.0 Å². The molecule has 21 heavy (non-hydrogen) atoms. The molecule has 0 aromatic heterocycles. The Labute approximate surface area is 124 Å². The van der Waals surface area contributed by atoms with Crippen molar-refractivity contribution in [3.63, 3.8) is 0 Å². The monoisotopic (exact) mass is 287 g/mol. The molecule has 2 rings (SSSR count). The van der Waals surface area contributed by atoms with Gasteiger partial charge in [0.1, 0.15) is 18.2 Å². The summed E-state index contributed by atoms with van der Waals surface area (Å²) in [6.07, 6.45) is 0.194. The molecule has 0 aliphatic heterocycles. The largest absolute Gasteiger partial charge is 0.492 e. The van der Waals surface area contributed by atoms with Crippen molar-refractivity contribution in [2.24, 2.45) is 0 Å². The standard InChI is InChI=1S/C17H18FNO2/c1-19(10-11-21-16-8-3-2-4-9-16)17(20)13-14-6-5-7-15(18)12-14/h2-9,12H,10-11,13H2,1H3. The van der Waals surface area contributed by atoms with Gasteiger partial charge in [-0.15, -0.1) is 0 Å². The molecule has 0 saturated carbocycles. The lowest BCUT2D eigenvalue weighted by molar-refractivity contribution is -0.129. The number of hydrogen-bond acceptors (Lipinski definition) is 2. The van der Waals surface area contributed by atoms with Gasteiger partial charge in [0.05, 0.1) is 13.0 Å². The number of para-hydroxylation sites is 1. The molecule has 0 aliphatic rings. The Morgan fingerprint density at radius 1 is 1.14 bits per heavy atom. The number of rotatable bonds is 6. The topological polar surface area (TPSA) is 29.5 Å². The van der Waals surface area contributed by atoms with E-state index in [2.05, 4.69) is 0 Å². The van der Waals surface area contributed by atoms with Gasteiger partial charge in [0.15, 0.2) is 0 Å². The molecule has 3 nitrogen and oxygen atoms in total. The molecule has 110 valence electrons. The second kappa shape index (κ2) is 7.43. The molecule has 0 atom stereocenters. The van der Waals surface area contributed by atoms with Gasteiger partial charge in [0.2, 0.25) is 5.91 Å². The van der Waals surface area contributed by atoms with Gasteiger partial charge < -0.3 is 9.64 Å². The fourth-order valence-electron chi connectivity index (χ4n) is 1.90. The van der Waals surface area contributed by atoms with Crippen LogP contribution in [0.3, 0.4) is 0 Å². The van der Waals surface area contributed by atoms with Crippen molar-refractivity contribution in [1.29, 1.82) is 0 Å². The lowest BCUT2D eigenvalue weighted by Crippen LogP contribution is -2.32. The number of ether oxygens (including phenoxy) is 1. The molecule has 0 fully saturated rings. The molecule has 2 aromatic carbocycles. The van der Waals surface area contributed by atoms with Crippen molar-refractivity contribution in [1.82, 2.24) is 4.90 Å². The lowest BCUT2D eigenvalue weighted by Gasteiger charge is -2.17. The van der Waals surface area contributed by atoms with Crippen molar-refractivity contribution in [2.75, 3.05) is 20.2 Å². The number of halogens is 1. The SMILES string of the molecule is CN(CCOc1ccccc1)C(=O)Cc1cccc(F)c1. The summed E-state index contributed by atoms with van der Waals surface area (Å²) in [4.78, 5) is 13.6. The summed E-state index contributed by atoms with van der Waals surface area (Å²) in [6, 6.07) is 15.6. The van der Waals surface area contributed by atoms with E-state index in [9.17, 15) is 9.18 Å². The average molecular weight is 287 g/mol. The van der Waals surface area contributed by atoms with E-state index in [1.54, 1.807) is 24.1 Å². The molecule has 0 aliphatic carbocycles. The Hall–Kier alpha value is -2.36. The maximum Gasteiger partial charge on any atom is 0.226 e. The third-order valence-electron chi connectivity index (χ3n) is 3.11. The van der Waals surface area contributed by atoms with Gasteiger partial charge in [-0.3, -0.25) is 4.79 Å². The second-order valence-electron chi connectivity index (χ2n) is 4.78. The molecule has 0 bridgehead atoms. The molecule has 4 heteroatoms. The van der Waals surface area contributed by atoms with Crippen LogP contribution in [0.2, 0.25) is 0 Å². The maximum atomic E-state index is 13.1. The Kier molecular flexibility index (Phi) is 5.32. The van der Waals surface area contributed by atoms with E-state index in [1.807, 2.05) is 30.3 Å². The highest BCUT2D eigenvalue weighted by Crippen LogP contribution is 2.08. The normalized spacial score (nSPS) is 10.2. The number of carbonyl (C=O) groups excluding carboxylic acids is 1. The third kappa shape index (κ3) is 4.91. The lowest BCUT2D eigenvalue weighted by atomic mass is 10.1. The predicted molar refractivity (Wildman–Crippen MR) is 79.7 cm³/mol. The Bertz CT molecular complexity index is 586. The van der Waals surface area contributed by atoms with E-state index >= 15 is 0 Å². The van der Waals surface area contributed by atoms with Crippen molar-refractivity contribution < 1.29 is 13.9 Å². The van der Waals surface area contributed by atoms with E-state index in [0.717, 1.165) is 5.75 Å². The van der Waals surface area contributed by atoms with Crippen LogP contribution in [0.15, 0.2) is 54.6 Å². The molecule has 0 heterocycles. The number of benzene rings is 2. The van der Waals surface area contributed by atoms with Gasteiger partial charge in [-0.05, 0) is 29.8 Å². The van der Waals surface area contributed by atoms with Crippen molar-refractivity contribution >= 4 is 5.91 Å². The van der Waals surface area contributed by atoms with Gasteiger partial charge in [-0.1, -0.05) is 30.3 Å². The first-order valence-electron chi connectivity index (χ1n) is 6.81. The average Bonchev–Trinajstić information content (AvgIpc) is 2.48. The van der Waals surface area contributed by atoms with Crippen LogP contribution in [0.1, 0.15) is 5.56 Å². The quantitative estimate of drug-likeness (QED) is 0.817. The molecule has 2 aromatic rings. The van der Waals surface area contributed by atoms with Gasteiger partial charge in [0, 0.05) is 7.05 Å².